The van der Waals surface area contributed by atoms with Gasteiger partial charge in [-0.15, -0.1) is 0 Å². The average Bonchev–Trinajstić information content (AvgIpc) is 2.46. The van der Waals surface area contributed by atoms with Gasteiger partial charge in [0.1, 0.15) is 0 Å². The molecule has 0 spiro atoms. The van der Waals surface area contributed by atoms with Crippen molar-refractivity contribution < 1.29 is 9.84 Å². The molecule has 0 aromatic heterocycles. The van der Waals surface area contributed by atoms with Crippen LogP contribution in [0, 0.1) is 5.92 Å². The van der Waals surface area contributed by atoms with E-state index in [1.54, 1.807) is 0 Å². The maximum absolute atomic E-state index is 10.6. The first-order valence-electron chi connectivity index (χ1n) is 7.13. The Morgan fingerprint density at radius 2 is 1.94 bits per heavy atom. The van der Waals surface area contributed by atoms with Gasteiger partial charge in [-0.2, -0.15) is 0 Å². The maximum Gasteiger partial charge on any atom is 0.0822 e. The first kappa shape index (κ1) is 13.6. The zero-order chi connectivity index (χ0) is 13.0. The Labute approximate surface area is 110 Å². The molecule has 100 valence electrons. The molecule has 0 aliphatic carbocycles. The smallest absolute Gasteiger partial charge is 0.0822 e. The molecule has 0 saturated carbocycles. The molecular weight excluding hydrogens is 224 g/mol. The number of aryl methyl sites for hydroxylation is 2. The second kappa shape index (κ2) is 6.35. The molecule has 1 saturated heterocycles. The van der Waals surface area contributed by atoms with E-state index >= 15 is 0 Å². The van der Waals surface area contributed by atoms with E-state index in [1.165, 1.54) is 11.1 Å². The van der Waals surface area contributed by atoms with Gasteiger partial charge in [-0.1, -0.05) is 32.0 Å². The molecular formula is C16H24O2. The SMILES string of the molecule is CCc1ccc(CC)c(C(O)C2CCOCC2)c1. The van der Waals surface area contributed by atoms with Crippen LogP contribution in [0.4, 0.5) is 0 Å². The third-order valence-corrected chi connectivity index (χ3v) is 4.03. The Morgan fingerprint density at radius 3 is 2.56 bits per heavy atom. The van der Waals surface area contributed by atoms with Crippen molar-refractivity contribution in [1.82, 2.24) is 0 Å². The summed E-state index contributed by atoms with van der Waals surface area (Å²) in [5.41, 5.74) is 3.74. The summed E-state index contributed by atoms with van der Waals surface area (Å²) in [5.74, 6) is 0.358. The molecule has 0 amide bonds. The zero-order valence-corrected chi connectivity index (χ0v) is 11.5. The summed E-state index contributed by atoms with van der Waals surface area (Å²) in [6, 6.07) is 6.55. The van der Waals surface area contributed by atoms with Crippen LogP contribution in [0.5, 0.6) is 0 Å². The Kier molecular flexibility index (Phi) is 4.79. The lowest BCUT2D eigenvalue weighted by molar-refractivity contribution is 0.00686. The Hall–Kier alpha value is -0.860. The van der Waals surface area contributed by atoms with Crippen LogP contribution in [-0.4, -0.2) is 18.3 Å². The highest BCUT2D eigenvalue weighted by Crippen LogP contribution is 2.32. The van der Waals surface area contributed by atoms with Gasteiger partial charge in [0.2, 0.25) is 0 Å². The topological polar surface area (TPSA) is 29.5 Å². The highest BCUT2D eigenvalue weighted by molar-refractivity contribution is 5.34. The lowest BCUT2D eigenvalue weighted by Gasteiger charge is -2.28. The van der Waals surface area contributed by atoms with E-state index in [4.69, 9.17) is 4.74 Å². The normalized spacial score (nSPS) is 18.8. The molecule has 2 nitrogen and oxygen atoms in total. The molecule has 1 aliphatic rings. The van der Waals surface area contributed by atoms with Crippen molar-refractivity contribution in [3.05, 3.63) is 34.9 Å². The summed E-state index contributed by atoms with van der Waals surface area (Å²) in [6.07, 6.45) is 3.63. The fourth-order valence-electron chi connectivity index (χ4n) is 2.75. The lowest BCUT2D eigenvalue weighted by Crippen LogP contribution is -2.22. The maximum atomic E-state index is 10.6. The van der Waals surface area contributed by atoms with Crippen LogP contribution in [0.25, 0.3) is 0 Å². The van der Waals surface area contributed by atoms with Crippen molar-refractivity contribution in [2.75, 3.05) is 13.2 Å². The minimum absolute atomic E-state index is 0.324. The quantitative estimate of drug-likeness (QED) is 0.886. The number of ether oxygens (including phenoxy) is 1. The van der Waals surface area contributed by atoms with Gasteiger partial charge in [0.05, 0.1) is 6.10 Å². The number of aliphatic hydroxyl groups is 1. The predicted octanol–water partition coefficient (Wildman–Crippen LogP) is 3.27. The molecule has 1 aliphatic heterocycles. The van der Waals surface area contributed by atoms with Crippen LogP contribution in [0.2, 0.25) is 0 Å². The van der Waals surface area contributed by atoms with Crippen molar-refractivity contribution in [3.63, 3.8) is 0 Å². The first-order valence-corrected chi connectivity index (χ1v) is 7.13. The molecule has 1 heterocycles. The van der Waals surface area contributed by atoms with Gasteiger partial charge < -0.3 is 9.84 Å². The fourth-order valence-corrected chi connectivity index (χ4v) is 2.75. The number of benzene rings is 1. The summed E-state index contributed by atoms with van der Waals surface area (Å²) < 4.78 is 5.38. The Morgan fingerprint density at radius 1 is 1.22 bits per heavy atom. The number of hydrogen-bond acceptors (Lipinski definition) is 2. The Bertz CT molecular complexity index is 381. The Balaban J connectivity index is 2.23. The number of aliphatic hydroxyl groups excluding tert-OH is 1. The second-order valence-corrected chi connectivity index (χ2v) is 5.13. The molecule has 1 atom stereocenters. The minimum atomic E-state index is -0.324. The van der Waals surface area contributed by atoms with Crippen molar-refractivity contribution in [3.8, 4) is 0 Å². The van der Waals surface area contributed by atoms with Gasteiger partial charge in [0, 0.05) is 13.2 Å². The molecule has 1 aromatic rings. The van der Waals surface area contributed by atoms with Gasteiger partial charge in [0.25, 0.3) is 0 Å². The standard InChI is InChI=1S/C16H24O2/c1-3-12-5-6-13(4-2)15(11-12)16(17)14-7-9-18-10-8-14/h5-6,11,14,16-17H,3-4,7-10H2,1-2H3. The monoisotopic (exact) mass is 248 g/mol. The molecule has 18 heavy (non-hydrogen) atoms. The van der Waals surface area contributed by atoms with Crippen molar-refractivity contribution in [2.45, 2.75) is 45.6 Å². The molecule has 2 heteroatoms. The molecule has 0 bridgehead atoms. The average molecular weight is 248 g/mol. The van der Waals surface area contributed by atoms with Crippen LogP contribution in [-0.2, 0) is 17.6 Å². The summed E-state index contributed by atoms with van der Waals surface area (Å²) in [5, 5.41) is 10.6. The van der Waals surface area contributed by atoms with Gasteiger partial charge in [-0.05, 0) is 48.3 Å². The van der Waals surface area contributed by atoms with Gasteiger partial charge in [0.15, 0.2) is 0 Å². The van der Waals surface area contributed by atoms with E-state index in [0.717, 1.165) is 44.5 Å². The van der Waals surface area contributed by atoms with Gasteiger partial charge >= 0.3 is 0 Å². The third-order valence-electron chi connectivity index (χ3n) is 4.03. The van der Waals surface area contributed by atoms with E-state index < -0.39 is 0 Å². The minimum Gasteiger partial charge on any atom is -0.388 e. The largest absolute Gasteiger partial charge is 0.388 e. The van der Waals surface area contributed by atoms with Crippen LogP contribution < -0.4 is 0 Å². The molecule has 0 radical (unpaired) electrons. The van der Waals surface area contributed by atoms with E-state index in [-0.39, 0.29) is 6.10 Å². The third kappa shape index (κ3) is 2.93. The zero-order valence-electron chi connectivity index (χ0n) is 11.5. The second-order valence-electron chi connectivity index (χ2n) is 5.13. The molecule has 1 N–H and O–H groups in total. The van der Waals surface area contributed by atoms with Crippen molar-refractivity contribution >= 4 is 0 Å². The van der Waals surface area contributed by atoms with E-state index in [9.17, 15) is 5.11 Å². The van der Waals surface area contributed by atoms with Crippen LogP contribution >= 0.6 is 0 Å². The molecule has 1 aromatic carbocycles. The summed E-state index contributed by atoms with van der Waals surface area (Å²) in [4.78, 5) is 0. The van der Waals surface area contributed by atoms with E-state index in [0.29, 0.717) is 5.92 Å². The lowest BCUT2D eigenvalue weighted by atomic mass is 9.86. The van der Waals surface area contributed by atoms with Gasteiger partial charge in [-0.3, -0.25) is 0 Å². The predicted molar refractivity (Wildman–Crippen MR) is 73.7 cm³/mol. The van der Waals surface area contributed by atoms with Crippen LogP contribution in [0.15, 0.2) is 18.2 Å². The summed E-state index contributed by atoms with van der Waals surface area (Å²) >= 11 is 0. The van der Waals surface area contributed by atoms with Crippen LogP contribution in [0.3, 0.4) is 0 Å². The van der Waals surface area contributed by atoms with E-state index in [2.05, 4.69) is 32.0 Å². The first-order chi connectivity index (χ1) is 8.76. The summed E-state index contributed by atoms with van der Waals surface area (Å²) in [6.45, 7) is 5.89. The fraction of sp³-hybridized carbons (Fsp3) is 0.625. The van der Waals surface area contributed by atoms with Gasteiger partial charge in [-0.25, -0.2) is 0 Å². The highest BCUT2D eigenvalue weighted by atomic mass is 16.5. The number of rotatable bonds is 4. The summed E-state index contributed by atoms with van der Waals surface area (Å²) in [7, 11) is 0. The van der Waals surface area contributed by atoms with Crippen LogP contribution in [0.1, 0.15) is 49.5 Å². The molecule has 1 fully saturated rings. The highest BCUT2D eigenvalue weighted by Gasteiger charge is 2.25. The molecule has 1 unspecified atom stereocenters. The number of hydrogen-bond donors (Lipinski definition) is 1. The van der Waals surface area contributed by atoms with E-state index in [1.807, 2.05) is 0 Å². The molecule has 2 rings (SSSR count). The van der Waals surface area contributed by atoms with Crippen molar-refractivity contribution in [1.29, 1.82) is 0 Å². The van der Waals surface area contributed by atoms with Crippen molar-refractivity contribution in [2.24, 2.45) is 5.92 Å².